The monoisotopic (exact) mass is 195 g/mol. The highest BCUT2D eigenvalue weighted by atomic mass is 32.2. The van der Waals surface area contributed by atoms with E-state index in [4.69, 9.17) is 5.11 Å². The maximum Gasteiger partial charge on any atom is 0.151 e. The minimum Gasteiger partial charge on any atom is -0.395 e. The molecule has 0 aromatic carbocycles. The summed E-state index contributed by atoms with van der Waals surface area (Å²) >= 11 is 0. The Bertz CT molecular complexity index is 189. The third-order valence-corrected chi connectivity index (χ3v) is 3.25. The molecule has 0 aliphatic heterocycles. The van der Waals surface area contributed by atoms with Crippen LogP contribution in [0.4, 0.5) is 0 Å². The second kappa shape index (κ2) is 6.39. The van der Waals surface area contributed by atoms with Gasteiger partial charge in [-0.25, -0.2) is 8.42 Å². The van der Waals surface area contributed by atoms with Crippen LogP contribution in [0.15, 0.2) is 0 Å². The highest BCUT2D eigenvalue weighted by Gasteiger charge is 2.07. The molecule has 0 saturated heterocycles. The first-order valence-electron chi connectivity index (χ1n) is 4.14. The maximum atomic E-state index is 11.1. The lowest BCUT2D eigenvalue weighted by Gasteiger charge is -2.03. The Balaban J connectivity index is 3.48. The molecule has 0 atom stereocenters. The van der Waals surface area contributed by atoms with Crippen molar-refractivity contribution in [1.82, 2.24) is 5.32 Å². The lowest BCUT2D eigenvalue weighted by molar-refractivity contribution is 0.293. The molecule has 0 aromatic rings. The van der Waals surface area contributed by atoms with Crippen LogP contribution in [-0.2, 0) is 9.84 Å². The third kappa shape index (κ3) is 6.57. The number of sulfone groups is 1. The van der Waals surface area contributed by atoms with Crippen molar-refractivity contribution in [3.8, 4) is 0 Å². The summed E-state index contributed by atoms with van der Waals surface area (Å²) < 4.78 is 22.2. The Morgan fingerprint density at radius 2 is 1.92 bits per heavy atom. The number of aliphatic hydroxyl groups excluding tert-OH is 1. The van der Waals surface area contributed by atoms with Crippen LogP contribution in [0.5, 0.6) is 0 Å². The molecule has 0 aromatic heterocycles. The van der Waals surface area contributed by atoms with E-state index < -0.39 is 9.84 Å². The first-order chi connectivity index (χ1) is 5.62. The van der Waals surface area contributed by atoms with Crippen LogP contribution in [0, 0.1) is 0 Å². The van der Waals surface area contributed by atoms with E-state index in [1.165, 1.54) is 0 Å². The molecule has 0 spiro atoms. The number of aliphatic hydroxyl groups is 1. The number of hydrogen-bond donors (Lipinski definition) is 2. The molecule has 4 nitrogen and oxygen atoms in total. The second-order valence-electron chi connectivity index (χ2n) is 2.63. The molecule has 0 radical (unpaired) electrons. The zero-order chi connectivity index (χ0) is 9.45. The Labute approximate surface area is 73.9 Å². The summed E-state index contributed by atoms with van der Waals surface area (Å²) in [6.45, 7) is 2.79. The van der Waals surface area contributed by atoms with Gasteiger partial charge in [0.1, 0.15) is 0 Å². The highest BCUT2D eigenvalue weighted by molar-refractivity contribution is 7.91. The number of nitrogens with one attached hydrogen (secondary N) is 1. The van der Waals surface area contributed by atoms with Gasteiger partial charge in [0.25, 0.3) is 0 Å². The fraction of sp³-hybridized carbons (Fsp3) is 1.00. The van der Waals surface area contributed by atoms with E-state index >= 15 is 0 Å². The van der Waals surface area contributed by atoms with Crippen molar-refractivity contribution in [2.45, 2.75) is 13.3 Å². The Hall–Kier alpha value is -0.130. The summed E-state index contributed by atoms with van der Waals surface area (Å²) in [5, 5.41) is 11.2. The van der Waals surface area contributed by atoms with Gasteiger partial charge in [0.05, 0.1) is 12.4 Å². The van der Waals surface area contributed by atoms with Gasteiger partial charge in [-0.2, -0.15) is 0 Å². The van der Waals surface area contributed by atoms with Gasteiger partial charge in [-0.1, -0.05) is 6.92 Å². The van der Waals surface area contributed by atoms with Crippen LogP contribution in [0.2, 0.25) is 0 Å². The molecule has 0 rings (SSSR count). The smallest absolute Gasteiger partial charge is 0.151 e. The first-order valence-corrected chi connectivity index (χ1v) is 5.96. The van der Waals surface area contributed by atoms with Gasteiger partial charge in [0.2, 0.25) is 0 Å². The number of hydrogen-bond acceptors (Lipinski definition) is 4. The van der Waals surface area contributed by atoms with Crippen LogP contribution < -0.4 is 5.32 Å². The van der Waals surface area contributed by atoms with Gasteiger partial charge in [-0.15, -0.1) is 0 Å². The van der Waals surface area contributed by atoms with E-state index in [1.807, 2.05) is 6.92 Å². The summed E-state index contributed by atoms with van der Waals surface area (Å²) in [6.07, 6.45) is 0.669. The summed E-state index contributed by atoms with van der Waals surface area (Å²) in [7, 11) is -2.86. The van der Waals surface area contributed by atoms with Crippen molar-refractivity contribution in [1.29, 1.82) is 0 Å². The highest BCUT2D eigenvalue weighted by Crippen LogP contribution is 1.91. The predicted molar refractivity (Wildman–Crippen MR) is 48.9 cm³/mol. The van der Waals surface area contributed by atoms with Crippen LogP contribution in [0.25, 0.3) is 0 Å². The van der Waals surface area contributed by atoms with Crippen molar-refractivity contribution in [2.24, 2.45) is 0 Å². The van der Waals surface area contributed by atoms with E-state index in [9.17, 15) is 8.42 Å². The molecule has 12 heavy (non-hydrogen) atoms. The Kier molecular flexibility index (Phi) is 6.32. The second-order valence-corrected chi connectivity index (χ2v) is 4.93. The van der Waals surface area contributed by atoms with Crippen LogP contribution >= 0.6 is 0 Å². The fourth-order valence-electron chi connectivity index (χ4n) is 0.845. The van der Waals surface area contributed by atoms with E-state index in [2.05, 4.69) is 5.32 Å². The Morgan fingerprint density at radius 1 is 1.25 bits per heavy atom. The molecule has 2 N–H and O–H groups in total. The van der Waals surface area contributed by atoms with Crippen LogP contribution in [-0.4, -0.2) is 44.7 Å². The summed E-state index contributed by atoms with van der Waals surface area (Å²) in [6, 6.07) is 0. The zero-order valence-corrected chi connectivity index (χ0v) is 8.23. The Morgan fingerprint density at radius 3 is 2.42 bits per heavy atom. The van der Waals surface area contributed by atoms with Crippen LogP contribution in [0.1, 0.15) is 13.3 Å². The van der Waals surface area contributed by atoms with Crippen LogP contribution in [0.3, 0.4) is 0 Å². The van der Waals surface area contributed by atoms with Gasteiger partial charge >= 0.3 is 0 Å². The lowest BCUT2D eigenvalue weighted by atomic mass is 10.6. The van der Waals surface area contributed by atoms with Gasteiger partial charge < -0.3 is 10.4 Å². The van der Waals surface area contributed by atoms with Crippen molar-refractivity contribution in [3.05, 3.63) is 0 Å². The normalized spacial score (nSPS) is 11.8. The van der Waals surface area contributed by atoms with E-state index in [1.54, 1.807) is 0 Å². The van der Waals surface area contributed by atoms with E-state index in [0.29, 0.717) is 19.5 Å². The molecule has 0 bridgehead atoms. The molecule has 0 fully saturated rings. The van der Waals surface area contributed by atoms with Crippen molar-refractivity contribution in [2.75, 3.05) is 31.2 Å². The van der Waals surface area contributed by atoms with Gasteiger partial charge in [0.15, 0.2) is 9.84 Å². The van der Waals surface area contributed by atoms with Gasteiger partial charge in [0, 0.05) is 18.8 Å². The summed E-state index contributed by atoms with van der Waals surface area (Å²) in [5.41, 5.74) is 0. The molecule has 0 saturated carbocycles. The lowest BCUT2D eigenvalue weighted by Crippen LogP contribution is -2.26. The standard InChI is InChI=1S/C7H17NO3S/c1-2-6-12(10,11)7-4-8-3-5-9/h8-9H,2-7H2,1H3. The summed E-state index contributed by atoms with van der Waals surface area (Å²) in [5.74, 6) is 0.425. The first kappa shape index (κ1) is 11.9. The SMILES string of the molecule is CCCS(=O)(=O)CCNCCO. The van der Waals surface area contributed by atoms with E-state index in [-0.39, 0.29) is 18.1 Å². The average molecular weight is 195 g/mol. The minimum absolute atomic E-state index is 0.0494. The number of rotatable bonds is 7. The average Bonchev–Trinajstić information content (AvgIpc) is 1.98. The minimum atomic E-state index is -2.86. The molecule has 0 unspecified atom stereocenters. The largest absolute Gasteiger partial charge is 0.395 e. The van der Waals surface area contributed by atoms with Crippen molar-refractivity contribution >= 4 is 9.84 Å². The van der Waals surface area contributed by atoms with Gasteiger partial charge in [-0.3, -0.25) is 0 Å². The predicted octanol–water partition coefficient (Wildman–Crippen LogP) is -0.607. The third-order valence-electron chi connectivity index (χ3n) is 1.39. The van der Waals surface area contributed by atoms with Crippen molar-refractivity contribution in [3.63, 3.8) is 0 Å². The fourth-order valence-corrected chi connectivity index (χ4v) is 2.13. The van der Waals surface area contributed by atoms with Crippen molar-refractivity contribution < 1.29 is 13.5 Å². The van der Waals surface area contributed by atoms with E-state index in [0.717, 1.165) is 0 Å². The molecule has 0 aliphatic rings. The quantitative estimate of drug-likeness (QED) is 0.532. The van der Waals surface area contributed by atoms with Gasteiger partial charge in [-0.05, 0) is 6.42 Å². The molecular formula is C7H17NO3S. The molecule has 0 heterocycles. The molecule has 0 aliphatic carbocycles. The summed E-state index contributed by atoms with van der Waals surface area (Å²) in [4.78, 5) is 0. The zero-order valence-electron chi connectivity index (χ0n) is 7.41. The topological polar surface area (TPSA) is 66.4 Å². The maximum absolute atomic E-state index is 11.1. The molecule has 5 heteroatoms. The molecular weight excluding hydrogens is 178 g/mol. The molecule has 0 amide bonds. The molecule has 74 valence electrons.